The number of aliphatic hydroxyl groups excluding tert-OH is 5. The zero-order chi connectivity index (χ0) is 18.8. The van der Waals surface area contributed by atoms with E-state index in [1.165, 1.54) is 0 Å². The average Bonchev–Trinajstić information content (AvgIpc) is 3.07. The van der Waals surface area contributed by atoms with Crippen LogP contribution in [0.4, 0.5) is 0 Å². The van der Waals surface area contributed by atoms with Crippen molar-refractivity contribution in [3.8, 4) is 0 Å². The van der Waals surface area contributed by atoms with Crippen molar-refractivity contribution in [3.05, 3.63) is 0 Å². The summed E-state index contributed by atoms with van der Waals surface area (Å²) in [5, 5.41) is 58.7. The molecule has 25 heavy (non-hydrogen) atoms. The monoisotopic (exact) mass is 383 g/mol. The molecule has 10 heteroatoms. The highest BCUT2D eigenvalue weighted by Gasteiger charge is 2.30. The van der Waals surface area contributed by atoms with Gasteiger partial charge in [0.2, 0.25) is 0 Å². The molecule has 0 saturated carbocycles. The Morgan fingerprint density at radius 3 is 2.40 bits per heavy atom. The van der Waals surface area contributed by atoms with Crippen molar-refractivity contribution in [3.63, 3.8) is 0 Å². The molecule has 0 aromatic rings. The van der Waals surface area contributed by atoms with Gasteiger partial charge in [0.05, 0.1) is 18.6 Å². The second kappa shape index (κ2) is 12.0. The normalized spacial score (nSPS) is 25.5. The Morgan fingerprint density at radius 2 is 1.80 bits per heavy atom. The maximum atomic E-state index is 10.8. The van der Waals surface area contributed by atoms with E-state index in [1.807, 2.05) is 0 Å². The number of rotatable bonds is 13. The van der Waals surface area contributed by atoms with Crippen LogP contribution in [0.15, 0.2) is 0 Å². The van der Waals surface area contributed by atoms with Gasteiger partial charge in [-0.1, -0.05) is 12.8 Å². The Kier molecular flexibility index (Phi) is 10.9. The number of aliphatic hydroxyl groups is 5. The highest BCUT2D eigenvalue weighted by Crippen LogP contribution is 2.23. The topological polar surface area (TPSA) is 160 Å². The lowest BCUT2D eigenvalue weighted by Gasteiger charge is -2.25. The van der Waals surface area contributed by atoms with Gasteiger partial charge in [-0.2, -0.15) is 0 Å². The van der Waals surface area contributed by atoms with Crippen molar-refractivity contribution in [2.45, 2.75) is 61.5 Å². The highest BCUT2D eigenvalue weighted by atomic mass is 32.2. The SMILES string of the molecule is O=C(O)C1CSC(CCCCCOC[C@@H](O)[C@H](O)[C@H](O)[C@@H](O)CO)N1. The second-order valence-electron chi connectivity index (χ2n) is 6.10. The summed E-state index contributed by atoms with van der Waals surface area (Å²) in [6.45, 7) is -0.519. The summed E-state index contributed by atoms with van der Waals surface area (Å²) in [5.41, 5.74) is 0. The number of carboxylic acid groups (broad SMARTS) is 1. The third-order valence-corrected chi connectivity index (χ3v) is 5.32. The zero-order valence-electron chi connectivity index (χ0n) is 14.0. The summed E-state index contributed by atoms with van der Waals surface area (Å²) in [7, 11) is 0. The van der Waals surface area contributed by atoms with E-state index >= 15 is 0 Å². The number of nitrogens with one attached hydrogen (secondary N) is 1. The van der Waals surface area contributed by atoms with Gasteiger partial charge >= 0.3 is 5.97 Å². The molecule has 1 heterocycles. The molecule has 1 fully saturated rings. The van der Waals surface area contributed by atoms with Gasteiger partial charge in [0.15, 0.2) is 0 Å². The number of carbonyl (C=O) groups is 1. The summed E-state index contributed by atoms with van der Waals surface area (Å²) in [4.78, 5) is 10.8. The first kappa shape index (κ1) is 22.6. The Morgan fingerprint density at radius 1 is 1.12 bits per heavy atom. The largest absolute Gasteiger partial charge is 0.480 e. The minimum absolute atomic E-state index is 0.165. The molecule has 0 aromatic carbocycles. The quantitative estimate of drug-likeness (QED) is 0.179. The van der Waals surface area contributed by atoms with E-state index in [-0.39, 0.29) is 12.0 Å². The number of carboxylic acids is 1. The zero-order valence-corrected chi connectivity index (χ0v) is 14.8. The molecule has 0 radical (unpaired) electrons. The van der Waals surface area contributed by atoms with Gasteiger partial charge in [-0.05, 0) is 12.8 Å². The molecule has 0 aromatic heterocycles. The van der Waals surface area contributed by atoms with Gasteiger partial charge in [0.1, 0.15) is 30.5 Å². The number of hydrogen-bond acceptors (Lipinski definition) is 9. The van der Waals surface area contributed by atoms with Gasteiger partial charge in [-0.15, -0.1) is 11.8 Å². The van der Waals surface area contributed by atoms with Crippen LogP contribution in [0.25, 0.3) is 0 Å². The first-order valence-corrected chi connectivity index (χ1v) is 9.43. The lowest BCUT2D eigenvalue weighted by molar-refractivity contribution is -0.138. The number of ether oxygens (including phenoxy) is 1. The standard InChI is InChI=1S/C15H29NO8S/c17-6-10(18)13(20)14(21)11(19)7-24-5-3-1-2-4-12-16-9(8-25-12)15(22)23/h9-14,16-21H,1-8H2,(H,22,23)/t9?,10-,11+,12?,13+,14-/m0/s1. The minimum atomic E-state index is -1.64. The van der Waals surface area contributed by atoms with Crippen LogP contribution in [-0.4, -0.2) is 98.0 Å². The average molecular weight is 383 g/mol. The van der Waals surface area contributed by atoms with Gasteiger partial charge < -0.3 is 35.4 Å². The number of thioether (sulfide) groups is 1. The molecule has 1 saturated heterocycles. The first-order valence-electron chi connectivity index (χ1n) is 8.38. The number of unbranched alkanes of at least 4 members (excludes halogenated alkanes) is 2. The summed E-state index contributed by atoms with van der Waals surface area (Å²) in [6.07, 6.45) is -2.68. The van der Waals surface area contributed by atoms with Crippen LogP contribution in [0.5, 0.6) is 0 Å². The molecule has 1 rings (SSSR count). The van der Waals surface area contributed by atoms with E-state index in [0.29, 0.717) is 12.4 Å². The first-order chi connectivity index (χ1) is 11.9. The summed E-state index contributed by atoms with van der Waals surface area (Å²) < 4.78 is 5.24. The molecule has 6 atom stereocenters. The molecule has 9 nitrogen and oxygen atoms in total. The van der Waals surface area contributed by atoms with E-state index in [0.717, 1.165) is 25.7 Å². The molecule has 0 bridgehead atoms. The second-order valence-corrected chi connectivity index (χ2v) is 7.34. The fourth-order valence-electron chi connectivity index (χ4n) is 2.42. The van der Waals surface area contributed by atoms with Gasteiger partial charge in [-0.3, -0.25) is 10.1 Å². The molecule has 0 amide bonds. The maximum absolute atomic E-state index is 10.8. The summed E-state index contributed by atoms with van der Waals surface area (Å²) in [6, 6.07) is -0.467. The molecule has 1 aliphatic rings. The predicted octanol–water partition coefficient (Wildman–Crippen LogP) is -1.88. The van der Waals surface area contributed by atoms with Gasteiger partial charge in [-0.25, -0.2) is 0 Å². The maximum Gasteiger partial charge on any atom is 0.321 e. The third kappa shape index (κ3) is 8.18. The Bertz CT molecular complexity index is 389. The van der Waals surface area contributed by atoms with Gasteiger partial charge in [0, 0.05) is 12.4 Å². The molecule has 1 aliphatic heterocycles. The molecule has 148 valence electrons. The Labute approximate surface area is 151 Å². The lowest BCUT2D eigenvalue weighted by Crippen LogP contribution is -2.47. The van der Waals surface area contributed by atoms with Gasteiger partial charge in [0.25, 0.3) is 0 Å². The molecule has 0 aliphatic carbocycles. The molecular formula is C15H29NO8S. The van der Waals surface area contributed by atoms with Crippen molar-refractivity contribution in [2.24, 2.45) is 0 Å². The van der Waals surface area contributed by atoms with Crippen molar-refractivity contribution in [1.29, 1.82) is 0 Å². The summed E-state index contributed by atoms with van der Waals surface area (Å²) >= 11 is 1.62. The van der Waals surface area contributed by atoms with E-state index in [2.05, 4.69) is 5.32 Å². The molecule has 7 N–H and O–H groups in total. The van der Waals surface area contributed by atoms with Crippen LogP contribution in [0.1, 0.15) is 25.7 Å². The van der Waals surface area contributed by atoms with Crippen LogP contribution in [0, 0.1) is 0 Å². The van der Waals surface area contributed by atoms with Crippen LogP contribution in [0.2, 0.25) is 0 Å². The molecular weight excluding hydrogens is 354 g/mol. The van der Waals surface area contributed by atoms with Crippen LogP contribution in [0.3, 0.4) is 0 Å². The minimum Gasteiger partial charge on any atom is -0.480 e. The van der Waals surface area contributed by atoms with Crippen LogP contribution < -0.4 is 5.32 Å². The number of hydrogen-bond donors (Lipinski definition) is 7. The fourth-order valence-corrected chi connectivity index (χ4v) is 3.68. The molecule has 0 spiro atoms. The Balaban J connectivity index is 2.02. The van der Waals surface area contributed by atoms with Crippen LogP contribution >= 0.6 is 11.8 Å². The van der Waals surface area contributed by atoms with E-state index < -0.39 is 43.0 Å². The Hall–Kier alpha value is -0.460. The highest BCUT2D eigenvalue weighted by molar-refractivity contribution is 8.00. The van der Waals surface area contributed by atoms with Crippen LogP contribution in [-0.2, 0) is 9.53 Å². The van der Waals surface area contributed by atoms with Crippen molar-refractivity contribution in [1.82, 2.24) is 5.32 Å². The van der Waals surface area contributed by atoms with Crippen molar-refractivity contribution < 1.29 is 40.2 Å². The lowest BCUT2D eigenvalue weighted by atomic mass is 10.0. The van der Waals surface area contributed by atoms with E-state index in [1.54, 1.807) is 11.8 Å². The van der Waals surface area contributed by atoms with E-state index in [4.69, 9.17) is 14.9 Å². The van der Waals surface area contributed by atoms with Crippen molar-refractivity contribution >= 4 is 17.7 Å². The number of aliphatic carboxylic acids is 1. The summed E-state index contributed by atoms with van der Waals surface area (Å²) in [5.74, 6) is -0.235. The molecule has 2 unspecified atom stereocenters. The third-order valence-electron chi connectivity index (χ3n) is 4.02. The predicted molar refractivity (Wildman–Crippen MR) is 91.2 cm³/mol. The van der Waals surface area contributed by atoms with E-state index in [9.17, 15) is 25.2 Å². The fraction of sp³-hybridized carbons (Fsp3) is 0.933. The van der Waals surface area contributed by atoms with Crippen molar-refractivity contribution in [2.75, 3.05) is 25.6 Å². The smallest absolute Gasteiger partial charge is 0.321 e.